The van der Waals surface area contributed by atoms with Crippen molar-refractivity contribution in [3.8, 4) is 0 Å². The number of carbonyl (C=O) groups excluding carboxylic acids is 2. The van der Waals surface area contributed by atoms with Crippen molar-refractivity contribution >= 4 is 39.5 Å². The average molecular weight is 353 g/mol. The third-order valence-electron chi connectivity index (χ3n) is 3.55. The number of ether oxygens (including phenoxy) is 1. The van der Waals surface area contributed by atoms with Gasteiger partial charge in [-0.3, -0.25) is 14.2 Å². The number of nitrogens with zero attached hydrogens (tertiary/aromatic N) is 1. The topological polar surface area (TPSA) is 65.4 Å². The molecule has 0 aliphatic rings. The van der Waals surface area contributed by atoms with Crippen molar-refractivity contribution in [3.05, 3.63) is 75.4 Å². The van der Waals surface area contributed by atoms with Crippen molar-refractivity contribution in [2.45, 2.75) is 6.92 Å². The van der Waals surface area contributed by atoms with Gasteiger partial charge < -0.3 is 4.74 Å². The standard InChI is InChI=1S/C19H15NO4S/c1-2-24-18(22)14(17(21)13-8-4-3-5-9-13)12-20-15-10-6-7-11-16(15)25-19(20)23/h3-12H,2H2,1H3. The van der Waals surface area contributed by atoms with Crippen molar-refractivity contribution in [3.63, 3.8) is 0 Å². The molecular weight excluding hydrogens is 338 g/mol. The quantitative estimate of drug-likeness (QED) is 0.232. The van der Waals surface area contributed by atoms with Gasteiger partial charge in [0.25, 0.3) is 0 Å². The number of thiazole rings is 1. The molecule has 0 spiro atoms. The summed E-state index contributed by atoms with van der Waals surface area (Å²) in [5.74, 6) is -1.24. The first-order valence-corrected chi connectivity index (χ1v) is 8.52. The Balaban J connectivity index is 2.15. The molecule has 0 unspecified atom stereocenters. The van der Waals surface area contributed by atoms with E-state index in [1.807, 2.05) is 12.1 Å². The molecule has 0 aliphatic heterocycles. The second-order valence-electron chi connectivity index (χ2n) is 5.16. The van der Waals surface area contributed by atoms with Gasteiger partial charge in [0.15, 0.2) is 0 Å². The largest absolute Gasteiger partial charge is 0.462 e. The molecule has 126 valence electrons. The van der Waals surface area contributed by atoms with Crippen molar-refractivity contribution in [2.75, 3.05) is 6.61 Å². The van der Waals surface area contributed by atoms with Gasteiger partial charge in [0.2, 0.25) is 5.78 Å². The number of ketones is 1. The lowest BCUT2D eigenvalue weighted by Gasteiger charge is -2.07. The number of hydrogen-bond acceptors (Lipinski definition) is 5. The van der Waals surface area contributed by atoms with Crippen LogP contribution in [0, 0.1) is 0 Å². The molecule has 0 saturated heterocycles. The Hall–Kier alpha value is -2.99. The molecule has 2 aromatic carbocycles. The number of benzene rings is 2. The van der Waals surface area contributed by atoms with E-state index >= 15 is 0 Å². The summed E-state index contributed by atoms with van der Waals surface area (Å²) in [4.78, 5) is 37.1. The predicted molar refractivity (Wildman–Crippen MR) is 97.8 cm³/mol. The summed E-state index contributed by atoms with van der Waals surface area (Å²) < 4.78 is 7.10. The monoisotopic (exact) mass is 353 g/mol. The number of aromatic nitrogens is 1. The van der Waals surface area contributed by atoms with Crippen LogP contribution >= 0.6 is 11.3 Å². The second-order valence-corrected chi connectivity index (χ2v) is 6.16. The summed E-state index contributed by atoms with van der Waals surface area (Å²) in [7, 11) is 0. The van der Waals surface area contributed by atoms with Gasteiger partial charge >= 0.3 is 10.8 Å². The lowest BCUT2D eigenvalue weighted by molar-refractivity contribution is -0.137. The minimum Gasteiger partial charge on any atom is -0.462 e. The van der Waals surface area contributed by atoms with Crippen LogP contribution in [-0.4, -0.2) is 22.9 Å². The third kappa shape index (κ3) is 3.44. The van der Waals surface area contributed by atoms with Crippen LogP contribution in [0.3, 0.4) is 0 Å². The van der Waals surface area contributed by atoms with Crippen molar-refractivity contribution in [1.82, 2.24) is 4.57 Å². The molecule has 6 heteroatoms. The van der Waals surface area contributed by atoms with Crippen molar-refractivity contribution in [2.24, 2.45) is 0 Å². The first-order chi connectivity index (χ1) is 12.1. The molecule has 0 bridgehead atoms. The maximum atomic E-state index is 12.8. The maximum absolute atomic E-state index is 12.8. The van der Waals surface area contributed by atoms with Crippen LogP contribution in [0.1, 0.15) is 17.3 Å². The van der Waals surface area contributed by atoms with E-state index in [9.17, 15) is 14.4 Å². The fraction of sp³-hybridized carbons (Fsp3) is 0.105. The molecule has 1 aromatic heterocycles. The molecule has 5 nitrogen and oxygen atoms in total. The van der Waals surface area contributed by atoms with Crippen molar-refractivity contribution < 1.29 is 14.3 Å². The van der Waals surface area contributed by atoms with Gasteiger partial charge in [-0.05, 0) is 19.1 Å². The minimum absolute atomic E-state index is 0.136. The highest BCUT2D eigenvalue weighted by atomic mass is 32.1. The normalized spacial score (nSPS) is 11.5. The van der Waals surface area contributed by atoms with Crippen LogP contribution in [-0.2, 0) is 9.53 Å². The van der Waals surface area contributed by atoms with Crippen LogP contribution < -0.4 is 4.87 Å². The van der Waals surface area contributed by atoms with Crippen LogP contribution in [0.15, 0.2) is 65.0 Å². The molecule has 0 radical (unpaired) electrons. The second kappa shape index (κ2) is 7.27. The van der Waals surface area contributed by atoms with Crippen LogP contribution in [0.5, 0.6) is 0 Å². The molecule has 25 heavy (non-hydrogen) atoms. The predicted octanol–water partition coefficient (Wildman–Crippen LogP) is 3.35. The molecule has 0 N–H and O–H groups in total. The van der Waals surface area contributed by atoms with Gasteiger partial charge in [-0.25, -0.2) is 4.79 Å². The third-order valence-corrected chi connectivity index (χ3v) is 4.49. The van der Waals surface area contributed by atoms with Gasteiger partial charge in [-0.15, -0.1) is 0 Å². The summed E-state index contributed by atoms with van der Waals surface area (Å²) in [6.45, 7) is 1.80. The van der Waals surface area contributed by atoms with Gasteiger partial charge in [-0.1, -0.05) is 53.8 Å². The fourth-order valence-electron chi connectivity index (χ4n) is 2.39. The van der Waals surface area contributed by atoms with Gasteiger partial charge in [0.05, 0.1) is 16.8 Å². The Morgan fingerprint density at radius 3 is 2.48 bits per heavy atom. The lowest BCUT2D eigenvalue weighted by Crippen LogP contribution is -2.19. The lowest BCUT2D eigenvalue weighted by atomic mass is 10.0. The number of Topliss-reactive ketones (excluding diaryl/α,β-unsaturated/α-hetero) is 1. The first-order valence-electron chi connectivity index (χ1n) is 7.70. The molecule has 3 rings (SSSR count). The van der Waals surface area contributed by atoms with Gasteiger partial charge in [-0.2, -0.15) is 0 Å². The molecular formula is C19H15NO4S. The van der Waals surface area contributed by atoms with E-state index < -0.39 is 11.8 Å². The Bertz CT molecular complexity index is 1010. The summed E-state index contributed by atoms with van der Waals surface area (Å²) in [5.41, 5.74) is 0.813. The molecule has 3 aromatic rings. The molecule has 0 fully saturated rings. The van der Waals surface area contributed by atoms with E-state index in [0.29, 0.717) is 11.1 Å². The smallest absolute Gasteiger partial charge is 0.343 e. The zero-order valence-corrected chi connectivity index (χ0v) is 14.3. The highest BCUT2D eigenvalue weighted by Gasteiger charge is 2.22. The number of carbonyl (C=O) groups is 2. The minimum atomic E-state index is -0.751. The zero-order chi connectivity index (χ0) is 17.8. The van der Waals surface area contributed by atoms with Gasteiger partial charge in [0, 0.05) is 11.8 Å². The van der Waals surface area contributed by atoms with Crippen LogP contribution in [0.25, 0.3) is 16.4 Å². The Kier molecular flexibility index (Phi) is 4.90. The number of rotatable bonds is 5. The van der Waals surface area contributed by atoms with E-state index in [1.165, 1.54) is 10.8 Å². The van der Waals surface area contributed by atoms with E-state index in [-0.39, 0.29) is 17.1 Å². The van der Waals surface area contributed by atoms with E-state index in [0.717, 1.165) is 16.0 Å². The number of para-hydroxylation sites is 1. The first kappa shape index (κ1) is 16.9. The zero-order valence-electron chi connectivity index (χ0n) is 13.5. The number of esters is 1. The SMILES string of the molecule is CCOC(=O)C(=Cn1c(=O)sc2ccccc21)C(=O)c1ccccc1. The fourth-order valence-corrected chi connectivity index (χ4v) is 3.25. The maximum Gasteiger partial charge on any atom is 0.343 e. The van der Waals surface area contributed by atoms with Crippen LogP contribution in [0.2, 0.25) is 0 Å². The Morgan fingerprint density at radius 1 is 1.08 bits per heavy atom. The molecule has 0 amide bonds. The van der Waals surface area contributed by atoms with E-state index in [1.54, 1.807) is 49.4 Å². The average Bonchev–Trinajstić information content (AvgIpc) is 2.95. The number of fused-ring (bicyclic) bond motifs is 1. The Morgan fingerprint density at radius 2 is 1.76 bits per heavy atom. The molecule has 0 aliphatic carbocycles. The van der Waals surface area contributed by atoms with E-state index in [4.69, 9.17) is 4.74 Å². The number of hydrogen-bond donors (Lipinski definition) is 0. The summed E-state index contributed by atoms with van der Waals surface area (Å²) in [6.07, 6.45) is 1.27. The molecule has 0 saturated carbocycles. The van der Waals surface area contributed by atoms with E-state index in [2.05, 4.69) is 0 Å². The summed E-state index contributed by atoms with van der Waals surface area (Å²) in [6, 6.07) is 15.6. The Labute approximate surface area is 147 Å². The summed E-state index contributed by atoms with van der Waals surface area (Å²) in [5, 5.41) is 0. The highest BCUT2D eigenvalue weighted by Crippen LogP contribution is 2.19. The van der Waals surface area contributed by atoms with Gasteiger partial charge in [0.1, 0.15) is 5.57 Å². The molecule has 0 atom stereocenters. The molecule has 1 heterocycles. The summed E-state index contributed by atoms with van der Waals surface area (Å²) >= 11 is 1.05. The highest BCUT2D eigenvalue weighted by molar-refractivity contribution is 7.16. The van der Waals surface area contributed by atoms with Crippen molar-refractivity contribution in [1.29, 1.82) is 0 Å². The van der Waals surface area contributed by atoms with Crippen LogP contribution in [0.4, 0.5) is 0 Å².